The summed E-state index contributed by atoms with van der Waals surface area (Å²) < 4.78 is 28.6. The molecule has 0 spiro atoms. The van der Waals surface area contributed by atoms with Crippen LogP contribution in [0.4, 0.5) is 8.78 Å². The lowest BCUT2D eigenvalue weighted by atomic mass is 10.3. The standard InChI is InChI=1S/C9H14F2N2O3/c10-8(11)9(15)12-2-1-7(14)13-3-5-16-6-4-13/h8H,1-6H2,(H,12,15). The molecule has 16 heavy (non-hydrogen) atoms. The van der Waals surface area contributed by atoms with Crippen LogP contribution in [0.5, 0.6) is 0 Å². The minimum Gasteiger partial charge on any atom is -0.378 e. The van der Waals surface area contributed by atoms with E-state index in [4.69, 9.17) is 4.74 Å². The third-order valence-electron chi connectivity index (χ3n) is 2.20. The molecule has 0 saturated carbocycles. The smallest absolute Gasteiger partial charge is 0.315 e. The van der Waals surface area contributed by atoms with Crippen LogP contribution in [-0.2, 0) is 14.3 Å². The fourth-order valence-electron chi connectivity index (χ4n) is 1.34. The van der Waals surface area contributed by atoms with Gasteiger partial charge in [-0.15, -0.1) is 0 Å². The highest BCUT2D eigenvalue weighted by molar-refractivity contribution is 5.80. The molecule has 0 unspecified atom stereocenters. The molecular weight excluding hydrogens is 222 g/mol. The summed E-state index contributed by atoms with van der Waals surface area (Å²) in [5, 5.41) is 1.98. The van der Waals surface area contributed by atoms with Crippen LogP contribution in [0.15, 0.2) is 0 Å². The number of halogens is 2. The van der Waals surface area contributed by atoms with Gasteiger partial charge in [0, 0.05) is 26.1 Å². The molecule has 2 amide bonds. The summed E-state index contributed by atoms with van der Waals surface area (Å²) in [7, 11) is 0. The number of nitrogens with zero attached hydrogens (tertiary/aromatic N) is 1. The van der Waals surface area contributed by atoms with Gasteiger partial charge in [-0.05, 0) is 0 Å². The fraction of sp³-hybridized carbons (Fsp3) is 0.778. The molecule has 5 nitrogen and oxygen atoms in total. The first-order valence-corrected chi connectivity index (χ1v) is 5.02. The van der Waals surface area contributed by atoms with Crippen molar-refractivity contribution in [3.05, 3.63) is 0 Å². The van der Waals surface area contributed by atoms with Crippen molar-refractivity contribution in [2.75, 3.05) is 32.8 Å². The SMILES string of the molecule is O=C(NCCC(=O)N1CCOCC1)C(F)F. The summed E-state index contributed by atoms with van der Waals surface area (Å²) in [6.45, 7) is 1.97. The highest BCUT2D eigenvalue weighted by Crippen LogP contribution is 1.99. The average molecular weight is 236 g/mol. The lowest BCUT2D eigenvalue weighted by Gasteiger charge is -2.26. The van der Waals surface area contributed by atoms with Crippen LogP contribution in [0.2, 0.25) is 0 Å². The first-order chi connectivity index (χ1) is 7.61. The highest BCUT2D eigenvalue weighted by atomic mass is 19.3. The van der Waals surface area contributed by atoms with Gasteiger partial charge in [-0.1, -0.05) is 0 Å². The van der Waals surface area contributed by atoms with Crippen LogP contribution in [0, 0.1) is 0 Å². The predicted octanol–water partition coefficient (Wildman–Crippen LogP) is -0.383. The number of carbonyl (C=O) groups is 2. The first-order valence-electron chi connectivity index (χ1n) is 5.02. The summed E-state index contributed by atoms with van der Waals surface area (Å²) in [5.74, 6) is -1.49. The Balaban J connectivity index is 2.17. The second-order valence-corrected chi connectivity index (χ2v) is 3.33. The van der Waals surface area contributed by atoms with E-state index in [-0.39, 0.29) is 18.9 Å². The Bertz CT molecular complexity index is 255. The quantitative estimate of drug-likeness (QED) is 0.723. The maximum atomic E-state index is 11.8. The molecule has 92 valence electrons. The van der Waals surface area contributed by atoms with Gasteiger partial charge in [0.15, 0.2) is 0 Å². The van der Waals surface area contributed by atoms with Gasteiger partial charge in [0.05, 0.1) is 13.2 Å². The van der Waals surface area contributed by atoms with Crippen molar-refractivity contribution in [1.29, 1.82) is 0 Å². The van der Waals surface area contributed by atoms with Gasteiger partial charge in [-0.3, -0.25) is 9.59 Å². The van der Waals surface area contributed by atoms with Crippen LogP contribution < -0.4 is 5.32 Å². The molecule has 0 atom stereocenters. The van der Waals surface area contributed by atoms with Crippen LogP contribution in [0.1, 0.15) is 6.42 Å². The molecule has 1 saturated heterocycles. The van der Waals surface area contributed by atoms with E-state index in [0.29, 0.717) is 26.3 Å². The molecule has 1 N–H and O–H groups in total. The molecule has 1 heterocycles. The van der Waals surface area contributed by atoms with Crippen molar-refractivity contribution < 1.29 is 23.1 Å². The van der Waals surface area contributed by atoms with Gasteiger partial charge in [-0.25, -0.2) is 0 Å². The topological polar surface area (TPSA) is 58.6 Å². The van der Waals surface area contributed by atoms with Gasteiger partial charge in [0.25, 0.3) is 5.91 Å². The minimum absolute atomic E-state index is 0.0401. The van der Waals surface area contributed by atoms with E-state index in [1.54, 1.807) is 4.90 Å². The zero-order valence-electron chi connectivity index (χ0n) is 8.75. The van der Waals surface area contributed by atoms with Crippen LogP contribution in [0.3, 0.4) is 0 Å². The molecule has 1 rings (SSSR count). The molecule has 1 fully saturated rings. The Kier molecular flexibility index (Phi) is 5.10. The maximum Gasteiger partial charge on any atom is 0.315 e. The maximum absolute atomic E-state index is 11.8. The molecule has 0 aromatic rings. The zero-order chi connectivity index (χ0) is 12.0. The van der Waals surface area contributed by atoms with Crippen molar-refractivity contribution in [2.45, 2.75) is 12.8 Å². The second kappa shape index (κ2) is 6.37. The molecule has 0 radical (unpaired) electrons. The van der Waals surface area contributed by atoms with Gasteiger partial charge in [0.1, 0.15) is 0 Å². The molecule has 0 aliphatic carbocycles. The number of rotatable bonds is 4. The second-order valence-electron chi connectivity index (χ2n) is 3.33. The normalized spacial score (nSPS) is 16.3. The number of carbonyl (C=O) groups excluding carboxylic acids is 2. The Labute approximate surface area is 91.7 Å². The van der Waals surface area contributed by atoms with E-state index in [2.05, 4.69) is 0 Å². The third-order valence-corrected chi connectivity index (χ3v) is 2.20. The molecule has 1 aliphatic rings. The van der Waals surface area contributed by atoms with Crippen LogP contribution in [-0.4, -0.2) is 56.0 Å². The van der Waals surface area contributed by atoms with E-state index in [1.807, 2.05) is 5.32 Å². The molecule has 0 aromatic heterocycles. The van der Waals surface area contributed by atoms with Crippen molar-refractivity contribution >= 4 is 11.8 Å². The number of nitrogens with one attached hydrogen (secondary N) is 1. The number of hydrogen-bond acceptors (Lipinski definition) is 3. The number of amides is 2. The lowest BCUT2D eigenvalue weighted by Crippen LogP contribution is -2.42. The zero-order valence-corrected chi connectivity index (χ0v) is 8.75. The van der Waals surface area contributed by atoms with Crippen LogP contribution in [0.25, 0.3) is 0 Å². The van der Waals surface area contributed by atoms with Crippen molar-refractivity contribution in [1.82, 2.24) is 10.2 Å². The minimum atomic E-state index is -3.03. The highest BCUT2D eigenvalue weighted by Gasteiger charge is 2.18. The van der Waals surface area contributed by atoms with Gasteiger partial charge in [0.2, 0.25) is 5.91 Å². The summed E-state index contributed by atoms with van der Waals surface area (Å²) >= 11 is 0. The van der Waals surface area contributed by atoms with Crippen LogP contribution >= 0.6 is 0 Å². The van der Waals surface area contributed by atoms with E-state index in [1.165, 1.54) is 0 Å². The fourth-order valence-corrected chi connectivity index (χ4v) is 1.34. The third kappa shape index (κ3) is 4.09. The van der Waals surface area contributed by atoms with Crippen molar-refractivity contribution in [3.63, 3.8) is 0 Å². The Morgan fingerprint density at radius 1 is 1.31 bits per heavy atom. The molecule has 0 aromatic carbocycles. The number of alkyl halides is 2. The number of hydrogen-bond donors (Lipinski definition) is 1. The summed E-state index contributed by atoms with van der Waals surface area (Å²) in [6, 6.07) is 0. The predicted molar refractivity (Wildman–Crippen MR) is 51.0 cm³/mol. The van der Waals surface area contributed by atoms with Crippen molar-refractivity contribution in [3.8, 4) is 0 Å². The number of ether oxygens (including phenoxy) is 1. The molecule has 1 aliphatic heterocycles. The van der Waals surface area contributed by atoms with Crippen molar-refractivity contribution in [2.24, 2.45) is 0 Å². The Morgan fingerprint density at radius 2 is 1.94 bits per heavy atom. The Morgan fingerprint density at radius 3 is 2.50 bits per heavy atom. The summed E-state index contributed by atoms with van der Waals surface area (Å²) in [5.41, 5.74) is 0. The largest absolute Gasteiger partial charge is 0.378 e. The Hall–Kier alpha value is -1.24. The van der Waals surface area contributed by atoms with Gasteiger partial charge in [-0.2, -0.15) is 8.78 Å². The molecular formula is C9H14F2N2O3. The molecule has 0 bridgehead atoms. The van der Waals surface area contributed by atoms with Gasteiger partial charge >= 0.3 is 6.43 Å². The number of morpholine rings is 1. The lowest BCUT2D eigenvalue weighted by molar-refractivity contribution is -0.135. The monoisotopic (exact) mass is 236 g/mol. The summed E-state index contributed by atoms with van der Waals surface area (Å²) in [6.07, 6.45) is -2.99. The van der Waals surface area contributed by atoms with E-state index < -0.39 is 12.3 Å². The molecule has 7 heteroatoms. The van der Waals surface area contributed by atoms with E-state index >= 15 is 0 Å². The van der Waals surface area contributed by atoms with E-state index in [9.17, 15) is 18.4 Å². The first kappa shape index (κ1) is 12.8. The van der Waals surface area contributed by atoms with E-state index in [0.717, 1.165) is 0 Å². The summed E-state index contributed by atoms with van der Waals surface area (Å²) in [4.78, 5) is 23.6. The average Bonchev–Trinajstić information content (AvgIpc) is 2.29. The van der Waals surface area contributed by atoms with Gasteiger partial charge < -0.3 is 15.0 Å².